The Bertz CT molecular complexity index is 942. The van der Waals surface area contributed by atoms with Gasteiger partial charge in [0.05, 0.1) is 17.3 Å². The molecule has 2 unspecified atom stereocenters. The van der Waals surface area contributed by atoms with Gasteiger partial charge in [-0.3, -0.25) is 4.79 Å². The van der Waals surface area contributed by atoms with Crippen molar-refractivity contribution < 1.29 is 23.1 Å². The zero-order valence-electron chi connectivity index (χ0n) is 13.9. The molecule has 2 atom stereocenters. The van der Waals surface area contributed by atoms with Gasteiger partial charge in [0.25, 0.3) is 0 Å². The van der Waals surface area contributed by atoms with Gasteiger partial charge in [0.15, 0.2) is 15.9 Å². The average Bonchev–Trinajstić information content (AvgIpc) is 2.96. The monoisotopic (exact) mass is 393 g/mol. The minimum Gasteiger partial charge on any atom is -0.479 e. The highest BCUT2D eigenvalue weighted by molar-refractivity contribution is 8.02. The molecule has 0 radical (unpaired) electrons. The maximum atomic E-state index is 12.2. The Balaban J connectivity index is 1.66. The fourth-order valence-electron chi connectivity index (χ4n) is 2.96. The lowest BCUT2D eigenvalue weighted by atomic mass is 10.0. The first kappa shape index (κ1) is 18.7. The molecule has 2 N–H and O–H groups in total. The summed E-state index contributed by atoms with van der Waals surface area (Å²) >= 11 is 1.26. The smallest absolute Gasteiger partial charge is 0.330 e. The van der Waals surface area contributed by atoms with Crippen LogP contribution >= 0.6 is 11.8 Å². The summed E-state index contributed by atoms with van der Waals surface area (Å²) in [4.78, 5) is 23.8. The van der Waals surface area contributed by atoms with Crippen LogP contribution in [0.4, 0.5) is 0 Å². The van der Waals surface area contributed by atoms with Gasteiger partial charge in [-0.05, 0) is 28.8 Å². The molecule has 1 amide bonds. The van der Waals surface area contributed by atoms with E-state index in [4.69, 9.17) is 0 Å². The first-order valence-electron chi connectivity index (χ1n) is 8.17. The molecule has 8 heteroatoms. The van der Waals surface area contributed by atoms with Crippen LogP contribution in [0.15, 0.2) is 42.5 Å². The van der Waals surface area contributed by atoms with Gasteiger partial charge < -0.3 is 10.4 Å². The number of carboxylic acid groups (broad SMARTS) is 1. The highest BCUT2D eigenvalue weighted by Gasteiger charge is 2.29. The predicted molar refractivity (Wildman–Crippen MR) is 102 cm³/mol. The van der Waals surface area contributed by atoms with E-state index in [1.807, 2.05) is 30.3 Å². The lowest BCUT2D eigenvalue weighted by Crippen LogP contribution is -2.35. The van der Waals surface area contributed by atoms with Crippen LogP contribution in [0.3, 0.4) is 0 Å². The molecule has 1 aliphatic heterocycles. The number of benzene rings is 2. The van der Waals surface area contributed by atoms with Crippen LogP contribution in [-0.2, 0) is 19.4 Å². The van der Waals surface area contributed by atoms with Gasteiger partial charge in [0.1, 0.15) is 0 Å². The Hall–Kier alpha value is -2.06. The number of sulfone groups is 1. The molecule has 2 aromatic rings. The quantitative estimate of drug-likeness (QED) is 0.779. The Morgan fingerprint density at radius 1 is 1.19 bits per heavy atom. The minimum atomic E-state index is -2.99. The molecule has 0 bridgehead atoms. The van der Waals surface area contributed by atoms with E-state index in [0.717, 1.165) is 10.8 Å². The number of thioether (sulfide) groups is 1. The van der Waals surface area contributed by atoms with E-state index in [1.54, 1.807) is 12.1 Å². The fourth-order valence-corrected chi connectivity index (χ4v) is 6.42. The highest BCUT2D eigenvalue weighted by atomic mass is 32.2. The summed E-state index contributed by atoms with van der Waals surface area (Å²) in [7, 11) is -2.99. The van der Waals surface area contributed by atoms with Crippen molar-refractivity contribution in [3.63, 3.8) is 0 Å². The molecular formula is C18H19NO5S2. The number of hydrogen-bond donors (Lipinski definition) is 2. The first-order valence-corrected chi connectivity index (χ1v) is 11.0. The number of aliphatic carboxylic acids is 1. The van der Waals surface area contributed by atoms with Crippen LogP contribution in [-0.4, -0.2) is 47.9 Å². The summed E-state index contributed by atoms with van der Waals surface area (Å²) in [6.07, 6.45) is 0.535. The Morgan fingerprint density at radius 3 is 2.58 bits per heavy atom. The normalized spacial score (nSPS) is 19.9. The van der Waals surface area contributed by atoms with E-state index < -0.39 is 27.8 Å². The molecule has 1 saturated heterocycles. The molecule has 26 heavy (non-hydrogen) atoms. The van der Waals surface area contributed by atoms with Crippen molar-refractivity contribution in [2.45, 2.75) is 17.7 Å². The number of fused-ring (bicyclic) bond motifs is 1. The van der Waals surface area contributed by atoms with Crippen molar-refractivity contribution in [3.8, 4) is 0 Å². The highest BCUT2D eigenvalue weighted by Crippen LogP contribution is 2.25. The molecule has 0 saturated carbocycles. The average molecular weight is 393 g/mol. The largest absolute Gasteiger partial charge is 0.479 e. The van der Waals surface area contributed by atoms with E-state index in [1.165, 1.54) is 11.8 Å². The molecule has 138 valence electrons. The van der Waals surface area contributed by atoms with Crippen molar-refractivity contribution in [2.24, 2.45) is 0 Å². The number of hydrogen-bond acceptors (Lipinski definition) is 5. The SMILES string of the molecule is O=C(CSC1CCS(=O)(=O)C1)NC(C(=O)O)c1ccc2ccccc2c1. The summed E-state index contributed by atoms with van der Waals surface area (Å²) in [6, 6.07) is 11.7. The predicted octanol–water partition coefficient (Wildman–Crippen LogP) is 2.00. The van der Waals surface area contributed by atoms with Crippen molar-refractivity contribution in [1.82, 2.24) is 5.32 Å². The van der Waals surface area contributed by atoms with E-state index in [0.29, 0.717) is 12.0 Å². The molecule has 1 aliphatic rings. The molecule has 1 fully saturated rings. The minimum absolute atomic E-state index is 0.0392. The Labute approximate surface area is 155 Å². The Kier molecular flexibility index (Phi) is 5.52. The van der Waals surface area contributed by atoms with Crippen molar-refractivity contribution in [2.75, 3.05) is 17.3 Å². The topological polar surface area (TPSA) is 101 Å². The van der Waals surface area contributed by atoms with Crippen molar-refractivity contribution in [3.05, 3.63) is 48.0 Å². The number of amides is 1. The van der Waals surface area contributed by atoms with Crippen LogP contribution < -0.4 is 5.32 Å². The standard InChI is InChI=1S/C18H19NO5S2/c20-16(10-25-15-7-8-26(23,24)11-15)19-17(18(21)22)14-6-5-12-3-1-2-4-13(12)9-14/h1-6,9,15,17H,7-8,10-11H2,(H,19,20)(H,21,22). The second kappa shape index (κ2) is 7.67. The second-order valence-corrected chi connectivity index (χ2v) is 9.80. The van der Waals surface area contributed by atoms with Gasteiger partial charge in [0.2, 0.25) is 5.91 Å². The van der Waals surface area contributed by atoms with Gasteiger partial charge in [-0.1, -0.05) is 36.4 Å². The number of rotatable bonds is 6. The van der Waals surface area contributed by atoms with Crippen LogP contribution in [0.5, 0.6) is 0 Å². The number of carboxylic acids is 1. The second-order valence-electron chi connectivity index (χ2n) is 6.28. The maximum absolute atomic E-state index is 12.2. The van der Waals surface area contributed by atoms with E-state index in [2.05, 4.69) is 5.32 Å². The van der Waals surface area contributed by atoms with Gasteiger partial charge >= 0.3 is 5.97 Å². The number of nitrogens with one attached hydrogen (secondary N) is 1. The third-order valence-electron chi connectivity index (χ3n) is 4.30. The van der Waals surface area contributed by atoms with E-state index >= 15 is 0 Å². The zero-order chi connectivity index (χ0) is 18.7. The molecule has 2 aromatic carbocycles. The third-order valence-corrected chi connectivity index (χ3v) is 7.58. The fraction of sp³-hybridized carbons (Fsp3) is 0.333. The van der Waals surface area contributed by atoms with E-state index in [-0.39, 0.29) is 22.5 Å². The van der Waals surface area contributed by atoms with Gasteiger partial charge in [-0.15, -0.1) is 11.8 Å². The van der Waals surface area contributed by atoms with E-state index in [9.17, 15) is 23.1 Å². The molecule has 0 aliphatic carbocycles. The van der Waals surface area contributed by atoms with Crippen LogP contribution in [0, 0.1) is 0 Å². The summed E-state index contributed by atoms with van der Waals surface area (Å²) in [5.41, 5.74) is 0.498. The van der Waals surface area contributed by atoms with Gasteiger partial charge in [-0.2, -0.15) is 0 Å². The van der Waals surface area contributed by atoms with Crippen molar-refractivity contribution in [1.29, 1.82) is 0 Å². The van der Waals surface area contributed by atoms with Crippen LogP contribution in [0.25, 0.3) is 10.8 Å². The molecule has 1 heterocycles. The summed E-state index contributed by atoms with van der Waals surface area (Å²) in [5.74, 6) is -1.28. The third kappa shape index (κ3) is 4.56. The summed E-state index contributed by atoms with van der Waals surface area (Å²) < 4.78 is 22.9. The maximum Gasteiger partial charge on any atom is 0.330 e. The molecule has 3 rings (SSSR count). The molecule has 0 aromatic heterocycles. The molecular weight excluding hydrogens is 374 g/mol. The van der Waals surface area contributed by atoms with Crippen molar-refractivity contribution >= 4 is 44.2 Å². The Morgan fingerprint density at radius 2 is 1.92 bits per heavy atom. The van der Waals surface area contributed by atoms with Gasteiger partial charge in [0, 0.05) is 5.25 Å². The molecule has 0 spiro atoms. The summed E-state index contributed by atoms with van der Waals surface area (Å²) in [5, 5.41) is 13.8. The lowest BCUT2D eigenvalue weighted by Gasteiger charge is -2.16. The summed E-state index contributed by atoms with van der Waals surface area (Å²) in [6.45, 7) is 0. The van der Waals surface area contributed by atoms with Gasteiger partial charge in [-0.25, -0.2) is 13.2 Å². The zero-order valence-corrected chi connectivity index (χ0v) is 15.6. The first-order chi connectivity index (χ1) is 12.3. The van der Waals surface area contributed by atoms with Crippen LogP contribution in [0.1, 0.15) is 18.0 Å². The number of carbonyl (C=O) groups is 2. The lowest BCUT2D eigenvalue weighted by molar-refractivity contribution is -0.141. The number of carbonyl (C=O) groups excluding carboxylic acids is 1. The van der Waals surface area contributed by atoms with Crippen LogP contribution in [0.2, 0.25) is 0 Å². The molecule has 6 nitrogen and oxygen atoms in total.